The van der Waals surface area contributed by atoms with Crippen LogP contribution in [0, 0.1) is 0 Å². The Morgan fingerprint density at radius 2 is 1.49 bits per heavy atom. The van der Waals surface area contributed by atoms with Gasteiger partial charge in [0.2, 0.25) is 5.91 Å². The van der Waals surface area contributed by atoms with E-state index < -0.39 is 0 Å². The van der Waals surface area contributed by atoms with Crippen molar-refractivity contribution in [2.24, 2.45) is 0 Å². The van der Waals surface area contributed by atoms with Gasteiger partial charge in [0.25, 0.3) is 5.91 Å². The van der Waals surface area contributed by atoms with Gasteiger partial charge >= 0.3 is 0 Å². The highest BCUT2D eigenvalue weighted by Gasteiger charge is 2.15. The lowest BCUT2D eigenvalue weighted by Gasteiger charge is -2.21. The minimum Gasteiger partial charge on any atom is -0.494 e. The van der Waals surface area contributed by atoms with Gasteiger partial charge < -0.3 is 20.3 Å². The number of rotatable bonds is 13. The van der Waals surface area contributed by atoms with Gasteiger partial charge in [-0.2, -0.15) is 0 Å². The van der Waals surface area contributed by atoms with Crippen LogP contribution in [-0.2, 0) is 4.79 Å². The number of unbranched alkanes of at least 4 members (excludes halogenated alkanes) is 3. The Kier molecular flexibility index (Phi) is 10.2. The smallest absolute Gasteiger partial charge is 0.258 e. The molecule has 0 aliphatic carbocycles. The molecule has 0 saturated carbocycles. The molecule has 3 aromatic rings. The van der Waals surface area contributed by atoms with Crippen LogP contribution in [0.1, 0.15) is 49.9 Å². The number of hydrogen-bond acceptors (Lipinski definition) is 4. The molecule has 3 aromatic carbocycles. The average Bonchev–Trinajstić information content (AvgIpc) is 2.89. The number of nitrogens with one attached hydrogen (secondary N) is 2. The molecule has 0 bridgehead atoms. The lowest BCUT2D eigenvalue weighted by Crippen LogP contribution is -2.30. The van der Waals surface area contributed by atoms with Gasteiger partial charge in [-0.15, -0.1) is 0 Å². The SMILES string of the molecule is CCCCCCOc1ccc(NC(=O)CNc2ccc(C(=O)N(CC)c3ccccc3)cc2)cc1. The highest BCUT2D eigenvalue weighted by atomic mass is 16.5. The molecule has 2 amide bonds. The van der Waals surface area contributed by atoms with Gasteiger partial charge in [0.1, 0.15) is 5.75 Å². The summed E-state index contributed by atoms with van der Waals surface area (Å²) in [5.41, 5.74) is 2.95. The van der Waals surface area contributed by atoms with E-state index in [-0.39, 0.29) is 18.4 Å². The summed E-state index contributed by atoms with van der Waals surface area (Å²) in [6.07, 6.45) is 4.68. The second kappa shape index (κ2) is 13.8. The Bertz CT molecular complexity index is 1050. The number of carbonyl (C=O) groups excluding carboxylic acids is 2. The van der Waals surface area contributed by atoms with Gasteiger partial charge in [0, 0.05) is 29.2 Å². The summed E-state index contributed by atoms with van der Waals surface area (Å²) < 4.78 is 5.74. The number of hydrogen-bond donors (Lipinski definition) is 2. The van der Waals surface area contributed by atoms with E-state index in [4.69, 9.17) is 4.74 Å². The van der Waals surface area contributed by atoms with E-state index in [0.717, 1.165) is 29.2 Å². The Morgan fingerprint density at radius 1 is 0.800 bits per heavy atom. The van der Waals surface area contributed by atoms with Crippen LogP contribution < -0.4 is 20.3 Å². The van der Waals surface area contributed by atoms with Gasteiger partial charge in [-0.1, -0.05) is 44.4 Å². The van der Waals surface area contributed by atoms with Crippen molar-refractivity contribution in [3.8, 4) is 5.75 Å². The fourth-order valence-electron chi connectivity index (χ4n) is 3.68. The molecule has 35 heavy (non-hydrogen) atoms. The molecule has 2 N–H and O–H groups in total. The summed E-state index contributed by atoms with van der Waals surface area (Å²) in [7, 11) is 0. The molecule has 0 saturated heterocycles. The van der Waals surface area contributed by atoms with Gasteiger partial charge in [0.05, 0.1) is 13.2 Å². The summed E-state index contributed by atoms with van der Waals surface area (Å²) >= 11 is 0. The monoisotopic (exact) mass is 473 g/mol. The van der Waals surface area contributed by atoms with Crippen LogP contribution in [0.4, 0.5) is 17.1 Å². The number of carbonyl (C=O) groups is 2. The lowest BCUT2D eigenvalue weighted by atomic mass is 10.1. The number of anilines is 3. The molecule has 0 fully saturated rings. The molecule has 3 rings (SSSR count). The van der Waals surface area contributed by atoms with Crippen molar-refractivity contribution >= 4 is 28.9 Å². The second-order valence-electron chi connectivity index (χ2n) is 8.30. The Labute approximate surface area is 208 Å². The summed E-state index contributed by atoms with van der Waals surface area (Å²) in [5, 5.41) is 5.98. The predicted molar refractivity (Wildman–Crippen MR) is 143 cm³/mol. The van der Waals surface area contributed by atoms with Crippen molar-refractivity contribution in [3.05, 3.63) is 84.4 Å². The van der Waals surface area contributed by atoms with Crippen LogP contribution in [-0.4, -0.2) is 31.5 Å². The highest BCUT2D eigenvalue weighted by molar-refractivity contribution is 6.06. The van der Waals surface area contributed by atoms with E-state index in [0.29, 0.717) is 18.7 Å². The average molecular weight is 474 g/mol. The molecular formula is C29H35N3O3. The summed E-state index contributed by atoms with van der Waals surface area (Å²) in [6, 6.07) is 24.2. The lowest BCUT2D eigenvalue weighted by molar-refractivity contribution is -0.114. The predicted octanol–water partition coefficient (Wildman–Crippen LogP) is 6.36. The molecule has 0 atom stereocenters. The third-order valence-electron chi connectivity index (χ3n) is 5.62. The number of para-hydroxylation sites is 1. The molecule has 6 heteroatoms. The maximum atomic E-state index is 12.9. The first-order chi connectivity index (χ1) is 17.1. The first kappa shape index (κ1) is 25.8. The zero-order chi connectivity index (χ0) is 24.9. The van der Waals surface area contributed by atoms with Crippen LogP contribution >= 0.6 is 0 Å². The van der Waals surface area contributed by atoms with Crippen molar-refractivity contribution in [1.82, 2.24) is 0 Å². The Balaban J connectivity index is 1.45. The zero-order valence-electron chi connectivity index (χ0n) is 20.6. The van der Waals surface area contributed by atoms with E-state index in [1.54, 1.807) is 17.0 Å². The van der Waals surface area contributed by atoms with Crippen molar-refractivity contribution < 1.29 is 14.3 Å². The fraction of sp³-hybridized carbons (Fsp3) is 0.310. The van der Waals surface area contributed by atoms with E-state index >= 15 is 0 Å². The molecule has 0 aliphatic heterocycles. The number of nitrogens with zero attached hydrogens (tertiary/aromatic N) is 1. The maximum Gasteiger partial charge on any atom is 0.258 e. The third kappa shape index (κ3) is 8.18. The van der Waals surface area contributed by atoms with Crippen molar-refractivity contribution in [2.45, 2.75) is 39.5 Å². The third-order valence-corrected chi connectivity index (χ3v) is 5.62. The summed E-state index contributed by atoms with van der Waals surface area (Å²) in [4.78, 5) is 27.0. The normalized spacial score (nSPS) is 10.5. The minimum absolute atomic E-state index is 0.0589. The fourth-order valence-corrected chi connectivity index (χ4v) is 3.68. The van der Waals surface area contributed by atoms with Crippen molar-refractivity contribution in [2.75, 3.05) is 35.2 Å². The molecule has 0 spiro atoms. The maximum absolute atomic E-state index is 12.9. The summed E-state index contributed by atoms with van der Waals surface area (Å²) in [6.45, 7) is 5.55. The van der Waals surface area contributed by atoms with Crippen LogP contribution in [0.25, 0.3) is 0 Å². The number of amides is 2. The van der Waals surface area contributed by atoms with E-state index in [2.05, 4.69) is 17.6 Å². The molecule has 0 aromatic heterocycles. The first-order valence-corrected chi connectivity index (χ1v) is 12.3. The first-order valence-electron chi connectivity index (χ1n) is 12.3. The van der Waals surface area contributed by atoms with Crippen LogP contribution in [0.3, 0.4) is 0 Å². The topological polar surface area (TPSA) is 70.7 Å². The molecule has 0 radical (unpaired) electrons. The quantitative estimate of drug-likeness (QED) is 0.283. The zero-order valence-corrected chi connectivity index (χ0v) is 20.6. The van der Waals surface area contributed by atoms with E-state index in [1.165, 1.54) is 19.3 Å². The van der Waals surface area contributed by atoms with Crippen LogP contribution in [0.5, 0.6) is 5.75 Å². The van der Waals surface area contributed by atoms with Gasteiger partial charge in [-0.05, 0) is 74.0 Å². The van der Waals surface area contributed by atoms with E-state index in [1.807, 2.05) is 73.7 Å². The molecule has 184 valence electrons. The van der Waals surface area contributed by atoms with Crippen molar-refractivity contribution in [3.63, 3.8) is 0 Å². The number of benzene rings is 3. The minimum atomic E-state index is -0.153. The Hall–Kier alpha value is -3.80. The Morgan fingerprint density at radius 3 is 2.14 bits per heavy atom. The van der Waals surface area contributed by atoms with Gasteiger partial charge in [0.15, 0.2) is 0 Å². The molecule has 0 unspecified atom stereocenters. The van der Waals surface area contributed by atoms with Gasteiger partial charge in [-0.3, -0.25) is 9.59 Å². The summed E-state index contributed by atoms with van der Waals surface area (Å²) in [5.74, 6) is 0.595. The highest BCUT2D eigenvalue weighted by Crippen LogP contribution is 2.19. The number of ether oxygens (including phenoxy) is 1. The molecular weight excluding hydrogens is 438 g/mol. The molecule has 0 heterocycles. The molecule has 6 nitrogen and oxygen atoms in total. The van der Waals surface area contributed by atoms with Crippen molar-refractivity contribution in [1.29, 1.82) is 0 Å². The van der Waals surface area contributed by atoms with E-state index in [9.17, 15) is 9.59 Å². The molecule has 0 aliphatic rings. The standard InChI is InChI=1S/C29H35N3O3/c1-3-5-6-10-21-35-27-19-17-25(18-20-27)31-28(33)22-30-24-15-13-23(14-16-24)29(34)32(4-2)26-11-8-7-9-12-26/h7-9,11-20,30H,3-6,10,21-22H2,1-2H3,(H,31,33). The van der Waals surface area contributed by atoms with Crippen LogP contribution in [0.15, 0.2) is 78.9 Å². The largest absolute Gasteiger partial charge is 0.494 e. The second-order valence-corrected chi connectivity index (χ2v) is 8.30. The van der Waals surface area contributed by atoms with Gasteiger partial charge in [-0.25, -0.2) is 0 Å². The van der Waals surface area contributed by atoms with Crippen LogP contribution in [0.2, 0.25) is 0 Å².